The zero-order valence-electron chi connectivity index (χ0n) is 14.4. The minimum Gasteiger partial charge on any atom is -0.422 e. The summed E-state index contributed by atoms with van der Waals surface area (Å²) in [6, 6.07) is 12.0. The lowest BCUT2D eigenvalue weighted by molar-refractivity contribution is 0.0695. The average molecular weight is 368 g/mol. The van der Waals surface area contributed by atoms with E-state index in [0.29, 0.717) is 30.3 Å². The first-order valence-electron chi connectivity index (χ1n) is 8.66. The molecule has 0 aliphatic carbocycles. The standard InChI is InChI=1S/C19H17FN4O3/c20-16-9-8-13(11-21-16)18(25)24-10-4-5-14(12-24)17-22-19(23-27-17)26-15-6-2-1-3-7-15/h1-3,6-9,11,14H,4-5,10,12H2. The molecule has 1 aliphatic rings. The Hall–Kier alpha value is -3.29. The van der Waals surface area contributed by atoms with Gasteiger partial charge in [-0.3, -0.25) is 4.79 Å². The maximum atomic E-state index is 13.0. The van der Waals surface area contributed by atoms with Crippen molar-refractivity contribution in [2.24, 2.45) is 0 Å². The summed E-state index contributed by atoms with van der Waals surface area (Å²) in [5.74, 6) is 0.189. The first-order chi connectivity index (χ1) is 13.2. The summed E-state index contributed by atoms with van der Waals surface area (Å²) in [6.45, 7) is 1.07. The van der Waals surface area contributed by atoms with Crippen LogP contribution in [0, 0.1) is 5.95 Å². The fraction of sp³-hybridized carbons (Fsp3) is 0.263. The largest absolute Gasteiger partial charge is 0.422 e. The number of hydrogen-bond acceptors (Lipinski definition) is 6. The molecular weight excluding hydrogens is 351 g/mol. The van der Waals surface area contributed by atoms with E-state index in [9.17, 15) is 9.18 Å². The molecule has 7 nitrogen and oxygen atoms in total. The summed E-state index contributed by atoms with van der Waals surface area (Å²) in [4.78, 5) is 22.2. The van der Waals surface area contributed by atoms with Crippen LogP contribution in [0.1, 0.15) is 35.0 Å². The van der Waals surface area contributed by atoms with Crippen molar-refractivity contribution in [3.63, 3.8) is 0 Å². The molecule has 2 aromatic heterocycles. The number of ether oxygens (including phenoxy) is 1. The maximum absolute atomic E-state index is 13.0. The van der Waals surface area contributed by atoms with Gasteiger partial charge in [0.05, 0.1) is 11.5 Å². The second-order valence-electron chi connectivity index (χ2n) is 6.29. The molecular formula is C19H17FN4O3. The first-order valence-corrected chi connectivity index (χ1v) is 8.66. The SMILES string of the molecule is O=C(c1ccc(F)nc1)N1CCCC(c2nc(Oc3ccccc3)no2)C1. The van der Waals surface area contributed by atoms with Gasteiger partial charge in [0.2, 0.25) is 11.8 Å². The number of carbonyl (C=O) groups is 1. The second-order valence-corrected chi connectivity index (χ2v) is 6.29. The number of piperidine rings is 1. The highest BCUT2D eigenvalue weighted by molar-refractivity contribution is 5.94. The summed E-state index contributed by atoms with van der Waals surface area (Å²) in [7, 11) is 0. The van der Waals surface area contributed by atoms with Crippen LogP contribution in [0.3, 0.4) is 0 Å². The lowest BCUT2D eigenvalue weighted by atomic mass is 9.97. The molecule has 1 unspecified atom stereocenters. The van der Waals surface area contributed by atoms with Crippen molar-refractivity contribution >= 4 is 5.91 Å². The first kappa shape index (κ1) is 17.1. The molecule has 8 heteroatoms. The number of aromatic nitrogens is 3. The van der Waals surface area contributed by atoms with E-state index >= 15 is 0 Å². The average Bonchev–Trinajstić information content (AvgIpc) is 3.17. The third-order valence-corrected chi connectivity index (χ3v) is 4.41. The molecule has 4 rings (SSSR count). The summed E-state index contributed by atoms with van der Waals surface area (Å²) >= 11 is 0. The van der Waals surface area contributed by atoms with Crippen molar-refractivity contribution in [1.29, 1.82) is 0 Å². The molecule has 3 aromatic rings. The maximum Gasteiger partial charge on any atom is 0.359 e. The molecule has 0 spiro atoms. The zero-order valence-corrected chi connectivity index (χ0v) is 14.4. The van der Waals surface area contributed by atoms with E-state index in [2.05, 4.69) is 15.1 Å². The fourth-order valence-corrected chi connectivity index (χ4v) is 3.07. The summed E-state index contributed by atoms with van der Waals surface area (Å²) in [5, 5.41) is 3.86. The van der Waals surface area contributed by atoms with E-state index < -0.39 is 5.95 Å². The van der Waals surface area contributed by atoms with Crippen LogP contribution < -0.4 is 4.74 Å². The summed E-state index contributed by atoms with van der Waals surface area (Å²) in [5.41, 5.74) is 0.357. The number of nitrogens with zero attached hydrogens (tertiary/aromatic N) is 4. The number of rotatable bonds is 4. The predicted molar refractivity (Wildman–Crippen MR) is 92.9 cm³/mol. The molecule has 1 aromatic carbocycles. The molecule has 1 fully saturated rings. The van der Waals surface area contributed by atoms with Crippen LogP contribution >= 0.6 is 0 Å². The van der Waals surface area contributed by atoms with E-state index in [1.54, 1.807) is 17.0 Å². The Kier molecular flexibility index (Phi) is 4.78. The van der Waals surface area contributed by atoms with Crippen molar-refractivity contribution in [3.8, 4) is 11.8 Å². The van der Waals surface area contributed by atoms with Crippen molar-refractivity contribution in [2.75, 3.05) is 13.1 Å². The molecule has 1 saturated heterocycles. The van der Waals surface area contributed by atoms with Gasteiger partial charge in [-0.2, -0.15) is 9.37 Å². The van der Waals surface area contributed by atoms with Gasteiger partial charge < -0.3 is 14.2 Å². The number of benzene rings is 1. The highest BCUT2D eigenvalue weighted by Gasteiger charge is 2.29. The molecule has 1 atom stereocenters. The minimum atomic E-state index is -0.611. The summed E-state index contributed by atoms with van der Waals surface area (Å²) in [6.07, 6.45) is 2.89. The Morgan fingerprint density at radius 1 is 1.22 bits per heavy atom. The van der Waals surface area contributed by atoms with Crippen LogP contribution in [0.25, 0.3) is 0 Å². The highest BCUT2D eigenvalue weighted by atomic mass is 19.1. The third kappa shape index (κ3) is 3.94. The van der Waals surface area contributed by atoms with Crippen LogP contribution in [0.5, 0.6) is 11.8 Å². The summed E-state index contributed by atoms with van der Waals surface area (Å²) < 4.78 is 23.9. The van der Waals surface area contributed by atoms with Crippen LogP contribution in [-0.2, 0) is 0 Å². The Morgan fingerprint density at radius 3 is 2.85 bits per heavy atom. The van der Waals surface area contributed by atoms with Crippen molar-refractivity contribution < 1.29 is 18.4 Å². The number of halogens is 1. The highest BCUT2D eigenvalue weighted by Crippen LogP contribution is 2.28. The topological polar surface area (TPSA) is 81.4 Å². The van der Waals surface area contributed by atoms with Gasteiger partial charge in [-0.1, -0.05) is 18.2 Å². The quantitative estimate of drug-likeness (QED) is 0.657. The predicted octanol–water partition coefficient (Wildman–Crippen LogP) is 3.42. The smallest absolute Gasteiger partial charge is 0.359 e. The van der Waals surface area contributed by atoms with Crippen LogP contribution in [-0.4, -0.2) is 39.0 Å². The van der Waals surface area contributed by atoms with Gasteiger partial charge in [0, 0.05) is 19.3 Å². The monoisotopic (exact) mass is 368 g/mol. The molecule has 0 radical (unpaired) electrons. The lowest BCUT2D eigenvalue weighted by Gasteiger charge is -2.30. The minimum absolute atomic E-state index is 0.0725. The molecule has 3 heterocycles. The van der Waals surface area contributed by atoms with Gasteiger partial charge in [-0.05, 0) is 42.3 Å². The van der Waals surface area contributed by atoms with Gasteiger partial charge in [-0.15, -0.1) is 0 Å². The van der Waals surface area contributed by atoms with E-state index in [1.165, 1.54) is 18.3 Å². The van der Waals surface area contributed by atoms with E-state index in [4.69, 9.17) is 9.26 Å². The van der Waals surface area contributed by atoms with Crippen LogP contribution in [0.15, 0.2) is 53.2 Å². The normalized spacial score (nSPS) is 16.9. The van der Waals surface area contributed by atoms with Crippen LogP contribution in [0.4, 0.5) is 4.39 Å². The van der Waals surface area contributed by atoms with Gasteiger partial charge in [0.15, 0.2) is 0 Å². The number of para-hydroxylation sites is 1. The van der Waals surface area contributed by atoms with Crippen molar-refractivity contribution in [3.05, 3.63) is 66.1 Å². The molecule has 0 saturated carbocycles. The number of hydrogen-bond donors (Lipinski definition) is 0. The molecule has 27 heavy (non-hydrogen) atoms. The fourth-order valence-electron chi connectivity index (χ4n) is 3.07. The Balaban J connectivity index is 1.44. The number of amides is 1. The zero-order chi connectivity index (χ0) is 18.6. The second kappa shape index (κ2) is 7.53. The molecule has 1 amide bonds. The van der Waals surface area contributed by atoms with E-state index in [0.717, 1.165) is 12.8 Å². The molecule has 1 aliphatic heterocycles. The van der Waals surface area contributed by atoms with Crippen molar-refractivity contribution in [2.45, 2.75) is 18.8 Å². The van der Waals surface area contributed by atoms with Gasteiger partial charge in [-0.25, -0.2) is 4.98 Å². The Morgan fingerprint density at radius 2 is 2.07 bits per heavy atom. The molecule has 138 valence electrons. The van der Waals surface area contributed by atoms with E-state index in [1.807, 2.05) is 18.2 Å². The number of likely N-dealkylation sites (tertiary alicyclic amines) is 1. The van der Waals surface area contributed by atoms with Gasteiger partial charge in [0.25, 0.3) is 5.91 Å². The lowest BCUT2D eigenvalue weighted by Crippen LogP contribution is -2.39. The number of pyridine rings is 1. The Bertz CT molecular complexity index is 914. The van der Waals surface area contributed by atoms with Crippen molar-refractivity contribution in [1.82, 2.24) is 20.0 Å². The number of carbonyl (C=O) groups excluding carboxylic acids is 1. The van der Waals surface area contributed by atoms with Gasteiger partial charge >= 0.3 is 6.01 Å². The van der Waals surface area contributed by atoms with E-state index in [-0.39, 0.29) is 17.8 Å². The Labute approximate surface area is 154 Å². The molecule has 0 N–H and O–H groups in total. The molecule has 0 bridgehead atoms. The van der Waals surface area contributed by atoms with Crippen LogP contribution in [0.2, 0.25) is 0 Å². The van der Waals surface area contributed by atoms with Gasteiger partial charge in [0.1, 0.15) is 5.75 Å². The third-order valence-electron chi connectivity index (χ3n) is 4.41.